The molecule has 3 aromatic heterocycles. The molecule has 0 fully saturated rings. The summed E-state index contributed by atoms with van der Waals surface area (Å²) in [5, 5.41) is 7.88. The van der Waals surface area contributed by atoms with Crippen LogP contribution < -0.4 is 5.32 Å². The van der Waals surface area contributed by atoms with E-state index >= 15 is 0 Å². The van der Waals surface area contributed by atoms with Gasteiger partial charge in [0.15, 0.2) is 11.5 Å². The van der Waals surface area contributed by atoms with E-state index in [1.54, 1.807) is 13.1 Å². The molecule has 0 saturated heterocycles. The minimum Gasteiger partial charge on any atom is -0.336 e. The molecule has 1 aliphatic rings. The fourth-order valence-corrected chi connectivity index (χ4v) is 2.78. The number of carbonyl (C=O) groups excluding carboxylic acids is 1. The lowest BCUT2D eigenvalue weighted by Crippen LogP contribution is -2.36. The first kappa shape index (κ1) is 12.9. The van der Waals surface area contributed by atoms with E-state index in [1.165, 1.54) is 0 Å². The van der Waals surface area contributed by atoms with Crippen molar-refractivity contribution in [2.45, 2.75) is 20.0 Å². The van der Waals surface area contributed by atoms with E-state index in [1.807, 2.05) is 44.6 Å². The molecule has 0 aliphatic carbocycles. The third-order valence-corrected chi connectivity index (χ3v) is 3.93. The summed E-state index contributed by atoms with van der Waals surface area (Å²) in [4.78, 5) is 17.7. The Morgan fingerprint density at radius 3 is 3.09 bits per heavy atom. The van der Waals surface area contributed by atoms with Gasteiger partial charge in [-0.3, -0.25) is 9.48 Å². The number of hydrogen-bond donors (Lipinski definition) is 1. The zero-order valence-electron chi connectivity index (χ0n) is 12.2. The maximum absolute atomic E-state index is 11.5. The number of pyridine rings is 1. The van der Waals surface area contributed by atoms with Crippen LogP contribution in [0.3, 0.4) is 0 Å². The smallest absolute Gasteiger partial charge is 0.219 e. The summed E-state index contributed by atoms with van der Waals surface area (Å²) >= 11 is 0. The molecule has 22 heavy (non-hydrogen) atoms. The van der Waals surface area contributed by atoms with Gasteiger partial charge in [-0.05, 0) is 12.1 Å². The number of anilines is 2. The van der Waals surface area contributed by atoms with Crippen molar-refractivity contribution in [2.75, 3.05) is 11.9 Å². The van der Waals surface area contributed by atoms with Gasteiger partial charge in [0.2, 0.25) is 5.91 Å². The first-order valence-corrected chi connectivity index (χ1v) is 7.22. The highest BCUT2D eigenvalue weighted by atomic mass is 16.2. The van der Waals surface area contributed by atoms with Gasteiger partial charge in [0.25, 0.3) is 0 Å². The molecular weight excluding hydrogens is 280 g/mol. The van der Waals surface area contributed by atoms with E-state index in [2.05, 4.69) is 15.4 Å². The van der Waals surface area contributed by atoms with Gasteiger partial charge in [0.1, 0.15) is 0 Å². The summed E-state index contributed by atoms with van der Waals surface area (Å²) in [6.45, 7) is 3.64. The number of aromatic nitrogens is 4. The van der Waals surface area contributed by atoms with Crippen molar-refractivity contribution < 1.29 is 4.79 Å². The van der Waals surface area contributed by atoms with Crippen LogP contribution in [0.4, 0.5) is 11.5 Å². The van der Waals surface area contributed by atoms with Crippen molar-refractivity contribution in [1.82, 2.24) is 24.1 Å². The highest BCUT2D eigenvalue weighted by molar-refractivity contribution is 5.74. The summed E-state index contributed by atoms with van der Waals surface area (Å²) in [5.74, 6) is 0.876. The Hall–Kier alpha value is -2.83. The third-order valence-electron chi connectivity index (χ3n) is 3.93. The topological polar surface area (TPSA) is 67.5 Å². The fraction of sp³-hybridized carbons (Fsp3) is 0.267. The predicted molar refractivity (Wildman–Crippen MR) is 81.8 cm³/mol. The molecule has 7 heteroatoms. The Morgan fingerprint density at radius 2 is 2.23 bits per heavy atom. The fourth-order valence-electron chi connectivity index (χ4n) is 2.78. The van der Waals surface area contributed by atoms with Crippen LogP contribution in [-0.2, 0) is 17.9 Å². The molecule has 0 atom stereocenters. The third kappa shape index (κ3) is 2.11. The molecule has 1 aliphatic heterocycles. The molecule has 7 nitrogen and oxygen atoms in total. The van der Waals surface area contributed by atoms with Crippen LogP contribution >= 0.6 is 0 Å². The minimum absolute atomic E-state index is 0.101. The molecule has 0 spiro atoms. The van der Waals surface area contributed by atoms with Crippen LogP contribution in [0, 0.1) is 0 Å². The number of nitrogens with one attached hydrogen (secondary N) is 1. The van der Waals surface area contributed by atoms with Crippen LogP contribution in [0.1, 0.15) is 12.6 Å². The second kappa shape index (κ2) is 4.87. The van der Waals surface area contributed by atoms with Crippen LogP contribution in [0.2, 0.25) is 0 Å². The van der Waals surface area contributed by atoms with Gasteiger partial charge < -0.3 is 14.6 Å². The molecule has 0 radical (unpaired) electrons. The Labute approximate surface area is 127 Å². The summed E-state index contributed by atoms with van der Waals surface area (Å²) in [6.07, 6.45) is 5.63. The van der Waals surface area contributed by atoms with Gasteiger partial charge in [-0.1, -0.05) is 0 Å². The molecular formula is C15H16N6O. The molecule has 4 heterocycles. The Morgan fingerprint density at radius 1 is 1.32 bits per heavy atom. The van der Waals surface area contributed by atoms with Gasteiger partial charge in [0.05, 0.1) is 24.5 Å². The van der Waals surface area contributed by atoms with Crippen LogP contribution in [-0.4, -0.2) is 36.5 Å². The van der Waals surface area contributed by atoms with Gasteiger partial charge >= 0.3 is 0 Å². The Bertz CT molecular complexity index is 849. The maximum Gasteiger partial charge on any atom is 0.219 e. The van der Waals surface area contributed by atoms with Crippen molar-refractivity contribution >= 4 is 23.1 Å². The van der Waals surface area contributed by atoms with Gasteiger partial charge in [0, 0.05) is 38.1 Å². The second-order valence-corrected chi connectivity index (χ2v) is 5.39. The number of amides is 1. The molecule has 1 N–H and O–H groups in total. The molecule has 0 bridgehead atoms. The Kier molecular flexibility index (Phi) is 2.85. The van der Waals surface area contributed by atoms with Crippen molar-refractivity contribution in [2.24, 2.45) is 0 Å². The van der Waals surface area contributed by atoms with E-state index in [4.69, 9.17) is 0 Å². The molecule has 1 amide bonds. The predicted octanol–water partition coefficient (Wildman–Crippen LogP) is 1.64. The Balaban J connectivity index is 1.62. The van der Waals surface area contributed by atoms with Crippen molar-refractivity contribution in [3.63, 3.8) is 0 Å². The summed E-state index contributed by atoms with van der Waals surface area (Å²) < 4.78 is 3.91. The molecule has 0 aromatic carbocycles. The lowest BCUT2D eigenvalue weighted by atomic mass is 10.3. The average Bonchev–Trinajstić information content (AvgIpc) is 3.12. The van der Waals surface area contributed by atoms with E-state index in [9.17, 15) is 4.79 Å². The first-order valence-electron chi connectivity index (χ1n) is 7.22. The molecule has 112 valence electrons. The van der Waals surface area contributed by atoms with Gasteiger partial charge in [-0.25, -0.2) is 4.98 Å². The molecule has 0 saturated carbocycles. The normalized spacial score (nSPS) is 14.1. The lowest BCUT2D eigenvalue weighted by Gasteiger charge is -2.26. The quantitative estimate of drug-likeness (QED) is 0.780. The summed E-state index contributed by atoms with van der Waals surface area (Å²) in [5.41, 5.74) is 2.81. The first-order chi connectivity index (χ1) is 10.7. The van der Waals surface area contributed by atoms with Gasteiger partial charge in [-0.15, -0.1) is 0 Å². The number of nitrogens with zero attached hydrogens (tertiary/aromatic N) is 5. The number of carbonyl (C=O) groups is 1. The average molecular weight is 296 g/mol. The van der Waals surface area contributed by atoms with E-state index < -0.39 is 0 Å². The van der Waals surface area contributed by atoms with Crippen molar-refractivity contribution in [1.29, 1.82) is 0 Å². The monoisotopic (exact) mass is 296 g/mol. The molecule has 4 rings (SSSR count). The zero-order chi connectivity index (χ0) is 15.1. The summed E-state index contributed by atoms with van der Waals surface area (Å²) in [6, 6.07) is 5.93. The SMILES string of the molecule is CC(=O)N1CCn2nc(Nc3cccn4ccnc34)cc2C1. The van der Waals surface area contributed by atoms with Crippen molar-refractivity contribution in [3.8, 4) is 0 Å². The van der Waals surface area contributed by atoms with E-state index in [-0.39, 0.29) is 5.91 Å². The lowest BCUT2D eigenvalue weighted by molar-refractivity contribution is -0.130. The highest BCUT2D eigenvalue weighted by Gasteiger charge is 2.20. The highest BCUT2D eigenvalue weighted by Crippen LogP contribution is 2.22. The maximum atomic E-state index is 11.5. The van der Waals surface area contributed by atoms with Crippen LogP contribution in [0.5, 0.6) is 0 Å². The summed E-state index contributed by atoms with van der Waals surface area (Å²) in [7, 11) is 0. The number of fused-ring (bicyclic) bond motifs is 2. The van der Waals surface area contributed by atoms with Crippen molar-refractivity contribution in [3.05, 3.63) is 42.5 Å². The zero-order valence-corrected chi connectivity index (χ0v) is 12.2. The number of imidazole rings is 1. The van der Waals surface area contributed by atoms with E-state index in [0.717, 1.165) is 29.4 Å². The van der Waals surface area contributed by atoms with Crippen LogP contribution in [0.25, 0.3) is 5.65 Å². The van der Waals surface area contributed by atoms with Crippen LogP contribution in [0.15, 0.2) is 36.8 Å². The molecule has 0 unspecified atom stereocenters. The largest absolute Gasteiger partial charge is 0.336 e. The van der Waals surface area contributed by atoms with Gasteiger partial charge in [-0.2, -0.15) is 5.10 Å². The number of hydrogen-bond acceptors (Lipinski definition) is 4. The minimum atomic E-state index is 0.101. The van der Waals surface area contributed by atoms with E-state index in [0.29, 0.717) is 13.1 Å². The number of rotatable bonds is 2. The molecule has 3 aromatic rings. The second-order valence-electron chi connectivity index (χ2n) is 5.39. The standard InChI is InChI=1S/C15H16N6O/c1-11(22)20-7-8-21-12(10-20)9-14(18-21)17-13-3-2-5-19-6-4-16-15(13)19/h2-6,9H,7-8,10H2,1H3,(H,17,18).